The highest BCUT2D eigenvalue weighted by Crippen LogP contribution is 2.31. The molecule has 0 radical (unpaired) electrons. The van der Waals surface area contributed by atoms with Gasteiger partial charge in [0.2, 0.25) is 0 Å². The topological polar surface area (TPSA) is 76.2 Å². The van der Waals surface area contributed by atoms with Crippen molar-refractivity contribution in [3.63, 3.8) is 0 Å². The summed E-state index contributed by atoms with van der Waals surface area (Å²) in [4.78, 5) is 40.3. The Labute approximate surface area is 152 Å². The molecule has 1 unspecified atom stereocenters. The number of carbonyl (C=O) groups excluding carboxylic acids is 3. The molecule has 1 atom stereocenters. The molecular formula is C19H24N2O5. The summed E-state index contributed by atoms with van der Waals surface area (Å²) >= 11 is 0. The van der Waals surface area contributed by atoms with E-state index in [1.165, 1.54) is 14.2 Å². The normalized spacial score (nSPS) is 18.7. The summed E-state index contributed by atoms with van der Waals surface area (Å²) in [6.07, 6.45) is 2.41. The number of urea groups is 1. The van der Waals surface area contributed by atoms with Crippen LogP contribution in [0.1, 0.15) is 30.4 Å². The van der Waals surface area contributed by atoms with Gasteiger partial charge in [-0.2, -0.15) is 0 Å². The summed E-state index contributed by atoms with van der Waals surface area (Å²) in [6.45, 7) is 0.651. The van der Waals surface area contributed by atoms with Gasteiger partial charge in [0.05, 0.1) is 20.6 Å². The molecule has 140 valence electrons. The Balaban J connectivity index is 1.82. The molecule has 2 amide bonds. The highest BCUT2D eigenvalue weighted by Gasteiger charge is 2.41. The molecule has 0 spiro atoms. The Bertz CT molecular complexity index is 701. The third-order valence-corrected chi connectivity index (χ3v) is 4.99. The van der Waals surface area contributed by atoms with Crippen molar-refractivity contribution in [2.75, 3.05) is 20.8 Å². The van der Waals surface area contributed by atoms with Crippen molar-refractivity contribution in [2.24, 2.45) is 0 Å². The Hall–Kier alpha value is -2.57. The van der Waals surface area contributed by atoms with Crippen molar-refractivity contribution in [3.05, 3.63) is 35.4 Å². The van der Waals surface area contributed by atoms with Crippen LogP contribution in [0.5, 0.6) is 0 Å². The Kier molecular flexibility index (Phi) is 5.44. The molecular weight excluding hydrogens is 336 g/mol. The third-order valence-electron chi connectivity index (χ3n) is 4.99. The smallest absolute Gasteiger partial charge is 0.329 e. The lowest BCUT2D eigenvalue weighted by Crippen LogP contribution is -2.54. The molecule has 1 fully saturated rings. The van der Waals surface area contributed by atoms with Gasteiger partial charge in [-0.15, -0.1) is 0 Å². The van der Waals surface area contributed by atoms with Crippen molar-refractivity contribution in [2.45, 2.75) is 44.3 Å². The van der Waals surface area contributed by atoms with E-state index in [1.54, 1.807) is 9.80 Å². The van der Waals surface area contributed by atoms with Gasteiger partial charge in [0, 0.05) is 25.6 Å². The zero-order valence-corrected chi connectivity index (χ0v) is 15.1. The predicted molar refractivity (Wildman–Crippen MR) is 93.3 cm³/mol. The van der Waals surface area contributed by atoms with Gasteiger partial charge >= 0.3 is 18.0 Å². The second kappa shape index (κ2) is 7.76. The fourth-order valence-corrected chi connectivity index (χ4v) is 3.37. The summed E-state index contributed by atoms with van der Waals surface area (Å²) in [5.74, 6) is -0.770. The fourth-order valence-electron chi connectivity index (χ4n) is 3.37. The van der Waals surface area contributed by atoms with Gasteiger partial charge in [-0.1, -0.05) is 24.3 Å². The van der Waals surface area contributed by atoms with Gasteiger partial charge in [0.15, 0.2) is 0 Å². The zero-order valence-electron chi connectivity index (χ0n) is 15.1. The molecule has 0 aromatic heterocycles. The first-order valence-electron chi connectivity index (χ1n) is 8.83. The van der Waals surface area contributed by atoms with Crippen LogP contribution < -0.4 is 0 Å². The average molecular weight is 360 g/mol. The first-order valence-corrected chi connectivity index (χ1v) is 8.83. The molecule has 0 saturated heterocycles. The van der Waals surface area contributed by atoms with Crippen molar-refractivity contribution in [1.82, 2.24) is 9.80 Å². The van der Waals surface area contributed by atoms with E-state index in [1.807, 2.05) is 24.3 Å². The van der Waals surface area contributed by atoms with Crippen LogP contribution in [-0.4, -0.2) is 60.6 Å². The van der Waals surface area contributed by atoms with Crippen LogP contribution in [0, 0.1) is 0 Å². The highest BCUT2D eigenvalue weighted by molar-refractivity contribution is 5.85. The van der Waals surface area contributed by atoms with E-state index in [0.29, 0.717) is 19.5 Å². The van der Waals surface area contributed by atoms with Crippen LogP contribution in [0.4, 0.5) is 4.79 Å². The average Bonchev–Trinajstić information content (AvgIpc) is 3.51. The number of hydrogen-bond acceptors (Lipinski definition) is 5. The minimum Gasteiger partial charge on any atom is -0.469 e. The van der Waals surface area contributed by atoms with Gasteiger partial charge in [0.1, 0.15) is 6.04 Å². The summed E-state index contributed by atoms with van der Waals surface area (Å²) < 4.78 is 9.62. The molecule has 7 nitrogen and oxygen atoms in total. The van der Waals surface area contributed by atoms with E-state index in [4.69, 9.17) is 4.74 Å². The Morgan fingerprint density at radius 2 is 1.81 bits per heavy atom. The van der Waals surface area contributed by atoms with E-state index in [-0.39, 0.29) is 24.5 Å². The van der Waals surface area contributed by atoms with E-state index in [0.717, 1.165) is 24.0 Å². The van der Waals surface area contributed by atoms with Crippen LogP contribution >= 0.6 is 0 Å². The second-order valence-corrected chi connectivity index (χ2v) is 6.67. The van der Waals surface area contributed by atoms with Crippen molar-refractivity contribution < 1.29 is 23.9 Å². The predicted octanol–water partition coefficient (Wildman–Crippen LogP) is 1.73. The van der Waals surface area contributed by atoms with Crippen molar-refractivity contribution in [1.29, 1.82) is 0 Å². The number of benzene rings is 1. The largest absolute Gasteiger partial charge is 0.469 e. The summed E-state index contributed by atoms with van der Waals surface area (Å²) in [5.41, 5.74) is 2.09. The lowest BCUT2D eigenvalue weighted by Gasteiger charge is -2.38. The van der Waals surface area contributed by atoms with Gasteiger partial charge < -0.3 is 19.3 Å². The number of fused-ring (bicyclic) bond motifs is 1. The first kappa shape index (κ1) is 18.2. The molecule has 3 rings (SSSR count). The Morgan fingerprint density at radius 1 is 1.12 bits per heavy atom. The number of rotatable bonds is 5. The summed E-state index contributed by atoms with van der Waals surface area (Å²) in [7, 11) is 2.67. The number of esters is 2. The summed E-state index contributed by atoms with van der Waals surface area (Å²) in [5, 5.41) is 0. The van der Waals surface area contributed by atoms with Crippen LogP contribution in [-0.2, 0) is 32.0 Å². The molecule has 7 heteroatoms. The van der Waals surface area contributed by atoms with E-state index >= 15 is 0 Å². The van der Waals surface area contributed by atoms with Crippen molar-refractivity contribution in [3.8, 4) is 0 Å². The molecule has 1 aliphatic carbocycles. The van der Waals surface area contributed by atoms with Crippen LogP contribution in [0.2, 0.25) is 0 Å². The number of hydrogen-bond donors (Lipinski definition) is 0. The number of nitrogens with zero attached hydrogens (tertiary/aromatic N) is 2. The lowest BCUT2D eigenvalue weighted by molar-refractivity contribution is -0.147. The molecule has 26 heavy (non-hydrogen) atoms. The van der Waals surface area contributed by atoms with Gasteiger partial charge in [0.25, 0.3) is 0 Å². The molecule has 0 N–H and O–H groups in total. The maximum absolute atomic E-state index is 13.2. The molecule has 2 aliphatic rings. The Morgan fingerprint density at radius 3 is 2.42 bits per heavy atom. The van der Waals surface area contributed by atoms with Crippen LogP contribution in [0.15, 0.2) is 24.3 Å². The van der Waals surface area contributed by atoms with Crippen LogP contribution in [0.25, 0.3) is 0 Å². The molecule has 1 aromatic rings. The van der Waals surface area contributed by atoms with Gasteiger partial charge in [-0.3, -0.25) is 4.79 Å². The molecule has 1 saturated carbocycles. The number of methoxy groups -OCH3 is 2. The number of amides is 2. The summed E-state index contributed by atoms with van der Waals surface area (Å²) in [6, 6.07) is 7.06. The van der Waals surface area contributed by atoms with Gasteiger partial charge in [-0.25, -0.2) is 9.59 Å². The standard InChI is InChI=1S/C19H24N2O5/c1-25-17(22)9-10-20(15-7-8-15)19(24)21-12-14-6-4-3-5-13(14)11-16(21)18(23)26-2/h3-6,15-16H,7-12H2,1-2H3. The van der Waals surface area contributed by atoms with Crippen molar-refractivity contribution >= 4 is 18.0 Å². The lowest BCUT2D eigenvalue weighted by atomic mass is 9.94. The van der Waals surface area contributed by atoms with E-state index in [9.17, 15) is 14.4 Å². The van der Waals surface area contributed by atoms with Crippen LogP contribution in [0.3, 0.4) is 0 Å². The quantitative estimate of drug-likeness (QED) is 0.748. The van der Waals surface area contributed by atoms with Gasteiger partial charge in [-0.05, 0) is 24.0 Å². The maximum atomic E-state index is 13.2. The maximum Gasteiger partial charge on any atom is 0.329 e. The number of carbonyl (C=O) groups is 3. The first-order chi connectivity index (χ1) is 12.5. The third kappa shape index (κ3) is 3.81. The zero-order chi connectivity index (χ0) is 18.7. The van der Waals surface area contributed by atoms with E-state index < -0.39 is 12.0 Å². The molecule has 1 aliphatic heterocycles. The second-order valence-electron chi connectivity index (χ2n) is 6.67. The minimum absolute atomic E-state index is 0.127. The monoisotopic (exact) mass is 360 g/mol. The minimum atomic E-state index is -0.651. The fraction of sp³-hybridized carbons (Fsp3) is 0.526. The number of ether oxygens (including phenoxy) is 2. The highest BCUT2D eigenvalue weighted by atomic mass is 16.5. The molecule has 0 bridgehead atoms. The molecule has 1 aromatic carbocycles. The molecule has 1 heterocycles. The van der Waals surface area contributed by atoms with E-state index in [2.05, 4.69) is 4.74 Å². The SMILES string of the molecule is COC(=O)CCN(C(=O)N1Cc2ccccc2CC1C(=O)OC)C1CC1.